The fourth-order valence-electron chi connectivity index (χ4n) is 2.35. The second-order valence-corrected chi connectivity index (χ2v) is 6.40. The molecule has 0 spiro atoms. The molecule has 2 aromatic carbocycles. The van der Waals surface area contributed by atoms with Gasteiger partial charge in [-0.2, -0.15) is 4.68 Å². The molecule has 3 aromatic rings. The van der Waals surface area contributed by atoms with Crippen molar-refractivity contribution in [1.29, 1.82) is 0 Å². The fraction of sp³-hybridized carbons (Fsp3) is 0.222. The molecule has 1 aromatic heterocycles. The minimum absolute atomic E-state index is 0.126. The molecule has 8 heteroatoms. The maximum absolute atomic E-state index is 12.2. The molecule has 0 aliphatic carbocycles. The molecule has 0 fully saturated rings. The number of para-hydroxylation sites is 1. The number of aromatic nitrogens is 4. The van der Waals surface area contributed by atoms with Crippen LogP contribution in [0.4, 0.5) is 5.69 Å². The Morgan fingerprint density at radius 2 is 1.96 bits per heavy atom. The van der Waals surface area contributed by atoms with E-state index in [0.29, 0.717) is 11.8 Å². The Balaban J connectivity index is 1.60. The van der Waals surface area contributed by atoms with Gasteiger partial charge in [-0.15, -0.1) is 5.10 Å². The van der Waals surface area contributed by atoms with E-state index >= 15 is 0 Å². The van der Waals surface area contributed by atoms with Gasteiger partial charge in [-0.05, 0) is 60.2 Å². The summed E-state index contributed by atoms with van der Waals surface area (Å²) in [6.45, 7) is 4.53. The minimum atomic E-state index is -0.126. The van der Waals surface area contributed by atoms with E-state index < -0.39 is 0 Å². The molecule has 0 aliphatic heterocycles. The van der Waals surface area contributed by atoms with Gasteiger partial charge in [-0.25, -0.2) is 0 Å². The maximum Gasteiger partial charge on any atom is 0.234 e. The number of carbonyl (C=O) groups excluding carboxylic acids is 1. The second-order valence-electron chi connectivity index (χ2n) is 5.45. The molecular formula is C18H19N5O2S. The summed E-state index contributed by atoms with van der Waals surface area (Å²) in [6.07, 6.45) is 0. The number of amides is 1. The summed E-state index contributed by atoms with van der Waals surface area (Å²) in [4.78, 5) is 12.2. The van der Waals surface area contributed by atoms with Gasteiger partial charge in [0.05, 0.1) is 18.0 Å². The Kier molecular flexibility index (Phi) is 5.85. The highest BCUT2D eigenvalue weighted by Gasteiger charge is 2.13. The zero-order chi connectivity index (χ0) is 18.4. The number of nitrogens with one attached hydrogen (secondary N) is 1. The molecule has 0 saturated carbocycles. The van der Waals surface area contributed by atoms with Crippen LogP contribution in [0, 0.1) is 6.92 Å². The van der Waals surface area contributed by atoms with Crippen LogP contribution in [0.5, 0.6) is 5.75 Å². The van der Waals surface area contributed by atoms with E-state index in [2.05, 4.69) is 20.8 Å². The van der Waals surface area contributed by atoms with Crippen LogP contribution < -0.4 is 10.1 Å². The molecule has 3 rings (SSSR count). The van der Waals surface area contributed by atoms with Crippen molar-refractivity contribution in [2.75, 3.05) is 17.7 Å². The van der Waals surface area contributed by atoms with Crippen LogP contribution in [0.3, 0.4) is 0 Å². The normalized spacial score (nSPS) is 10.5. The number of rotatable bonds is 7. The topological polar surface area (TPSA) is 81.9 Å². The third-order valence-electron chi connectivity index (χ3n) is 3.57. The molecule has 1 N–H and O–H groups in total. The van der Waals surface area contributed by atoms with Gasteiger partial charge < -0.3 is 10.1 Å². The van der Waals surface area contributed by atoms with Crippen molar-refractivity contribution in [1.82, 2.24) is 20.2 Å². The van der Waals surface area contributed by atoms with Gasteiger partial charge in [-0.3, -0.25) is 4.79 Å². The first kappa shape index (κ1) is 17.9. The molecule has 0 radical (unpaired) electrons. The van der Waals surface area contributed by atoms with Crippen molar-refractivity contribution < 1.29 is 9.53 Å². The first-order valence-corrected chi connectivity index (χ1v) is 9.16. The number of thioether (sulfide) groups is 1. The third-order valence-corrected chi connectivity index (χ3v) is 4.49. The average molecular weight is 369 g/mol. The minimum Gasteiger partial charge on any atom is -0.494 e. The lowest BCUT2D eigenvalue weighted by Crippen LogP contribution is -2.14. The van der Waals surface area contributed by atoms with Gasteiger partial charge in [0.1, 0.15) is 5.75 Å². The van der Waals surface area contributed by atoms with E-state index in [4.69, 9.17) is 4.74 Å². The summed E-state index contributed by atoms with van der Waals surface area (Å²) >= 11 is 1.29. The third kappa shape index (κ3) is 4.40. The van der Waals surface area contributed by atoms with E-state index in [9.17, 15) is 4.79 Å². The smallest absolute Gasteiger partial charge is 0.234 e. The van der Waals surface area contributed by atoms with Crippen LogP contribution in [0.25, 0.3) is 5.69 Å². The zero-order valence-electron chi connectivity index (χ0n) is 14.5. The van der Waals surface area contributed by atoms with E-state index in [0.717, 1.165) is 22.7 Å². The molecule has 134 valence electrons. The quantitative estimate of drug-likeness (QED) is 0.645. The standard InChI is InChI=1S/C18H19N5O2S/c1-3-25-15-10-8-14(9-11-15)19-17(24)12-26-18-20-21-22-23(18)16-7-5-4-6-13(16)2/h4-11H,3,12H2,1-2H3,(H,19,24). The van der Waals surface area contributed by atoms with Crippen LogP contribution >= 0.6 is 11.8 Å². The Hall–Kier alpha value is -2.87. The molecule has 26 heavy (non-hydrogen) atoms. The average Bonchev–Trinajstić information content (AvgIpc) is 3.11. The zero-order valence-corrected chi connectivity index (χ0v) is 15.4. The van der Waals surface area contributed by atoms with E-state index in [1.807, 2.05) is 62.4 Å². The molecule has 0 atom stereocenters. The van der Waals surface area contributed by atoms with Gasteiger partial charge in [0.2, 0.25) is 11.1 Å². The van der Waals surface area contributed by atoms with E-state index in [-0.39, 0.29) is 11.7 Å². The molecule has 0 bridgehead atoms. The number of benzene rings is 2. The van der Waals surface area contributed by atoms with Crippen LogP contribution in [-0.2, 0) is 4.79 Å². The second kappa shape index (κ2) is 8.48. The predicted molar refractivity (Wildman–Crippen MR) is 101 cm³/mol. The SMILES string of the molecule is CCOc1ccc(NC(=O)CSc2nnnn2-c2ccccc2C)cc1. The van der Waals surface area contributed by atoms with Crippen molar-refractivity contribution in [3.63, 3.8) is 0 Å². The number of anilines is 1. The number of nitrogens with zero attached hydrogens (tertiary/aromatic N) is 4. The Labute approximate surface area is 155 Å². The van der Waals surface area contributed by atoms with Crippen LogP contribution in [0.2, 0.25) is 0 Å². The van der Waals surface area contributed by atoms with Crippen LogP contribution in [0.15, 0.2) is 53.7 Å². The molecule has 0 unspecified atom stereocenters. The van der Waals surface area contributed by atoms with Gasteiger partial charge in [0.15, 0.2) is 0 Å². The Morgan fingerprint density at radius 1 is 1.19 bits per heavy atom. The summed E-state index contributed by atoms with van der Waals surface area (Å²) in [6, 6.07) is 15.1. The van der Waals surface area contributed by atoms with Gasteiger partial charge >= 0.3 is 0 Å². The van der Waals surface area contributed by atoms with Gasteiger partial charge in [-0.1, -0.05) is 30.0 Å². The predicted octanol–water partition coefficient (Wildman–Crippen LogP) is 3.10. The van der Waals surface area contributed by atoms with Crippen molar-refractivity contribution >= 4 is 23.4 Å². The molecule has 1 heterocycles. The Morgan fingerprint density at radius 3 is 2.69 bits per heavy atom. The van der Waals surface area contributed by atoms with Crippen molar-refractivity contribution in [3.05, 3.63) is 54.1 Å². The lowest BCUT2D eigenvalue weighted by atomic mass is 10.2. The largest absolute Gasteiger partial charge is 0.494 e. The summed E-state index contributed by atoms with van der Waals surface area (Å²) in [7, 11) is 0. The van der Waals surface area contributed by atoms with Crippen molar-refractivity contribution in [2.45, 2.75) is 19.0 Å². The summed E-state index contributed by atoms with van der Waals surface area (Å²) in [5.74, 6) is 0.857. The molecule has 7 nitrogen and oxygen atoms in total. The lowest BCUT2D eigenvalue weighted by Gasteiger charge is -2.08. The molecule has 0 saturated heterocycles. The van der Waals surface area contributed by atoms with Crippen molar-refractivity contribution in [3.8, 4) is 11.4 Å². The number of tetrazole rings is 1. The number of hydrogen-bond acceptors (Lipinski definition) is 6. The highest BCUT2D eigenvalue weighted by molar-refractivity contribution is 7.99. The van der Waals surface area contributed by atoms with Crippen LogP contribution in [0.1, 0.15) is 12.5 Å². The lowest BCUT2D eigenvalue weighted by molar-refractivity contribution is -0.113. The summed E-state index contributed by atoms with van der Waals surface area (Å²) in [5, 5.41) is 15.2. The van der Waals surface area contributed by atoms with Gasteiger partial charge in [0, 0.05) is 5.69 Å². The maximum atomic E-state index is 12.2. The monoisotopic (exact) mass is 369 g/mol. The highest BCUT2D eigenvalue weighted by atomic mass is 32.2. The summed E-state index contributed by atoms with van der Waals surface area (Å²) in [5.41, 5.74) is 2.67. The Bertz CT molecular complexity index is 879. The highest BCUT2D eigenvalue weighted by Crippen LogP contribution is 2.21. The fourth-order valence-corrected chi connectivity index (χ4v) is 3.03. The van der Waals surface area contributed by atoms with E-state index in [1.165, 1.54) is 11.8 Å². The van der Waals surface area contributed by atoms with Gasteiger partial charge in [0.25, 0.3) is 0 Å². The first-order chi connectivity index (χ1) is 12.7. The van der Waals surface area contributed by atoms with Crippen LogP contribution in [-0.4, -0.2) is 38.5 Å². The number of hydrogen-bond donors (Lipinski definition) is 1. The number of carbonyl (C=O) groups is 1. The van der Waals surface area contributed by atoms with Crippen molar-refractivity contribution in [2.24, 2.45) is 0 Å². The summed E-state index contributed by atoms with van der Waals surface area (Å²) < 4.78 is 7.03. The molecular weight excluding hydrogens is 350 g/mol. The van der Waals surface area contributed by atoms with E-state index in [1.54, 1.807) is 4.68 Å². The molecule has 0 aliphatic rings. The first-order valence-electron chi connectivity index (χ1n) is 8.17. The molecule has 1 amide bonds. The number of ether oxygens (including phenoxy) is 1. The number of aryl methyl sites for hydroxylation is 1.